The van der Waals surface area contributed by atoms with Gasteiger partial charge in [0.15, 0.2) is 0 Å². The standard InChI is InChI=1S/C14H19BrN2O2/c15-12-5-10(7-17-9-12)6-16-8-11-3-1-2-4-13(11)14(18)19/h5,7,9,11,13,16H,1-4,6,8H2,(H,18,19). The average Bonchev–Trinajstić information content (AvgIpc) is 2.39. The molecule has 2 N–H and O–H groups in total. The zero-order valence-electron chi connectivity index (χ0n) is 10.8. The monoisotopic (exact) mass is 326 g/mol. The number of rotatable bonds is 5. The molecule has 0 aromatic carbocycles. The molecule has 0 radical (unpaired) electrons. The summed E-state index contributed by atoms with van der Waals surface area (Å²) in [4.78, 5) is 15.3. The van der Waals surface area contributed by atoms with Crippen LogP contribution in [0.3, 0.4) is 0 Å². The Kier molecular flexibility index (Phi) is 5.34. The molecule has 2 unspecified atom stereocenters. The predicted octanol–water partition coefficient (Wildman–Crippen LogP) is 2.82. The molecule has 1 aliphatic rings. The average molecular weight is 327 g/mol. The second kappa shape index (κ2) is 7.01. The molecule has 4 nitrogen and oxygen atoms in total. The van der Waals surface area contributed by atoms with Crippen LogP contribution in [0.15, 0.2) is 22.9 Å². The third kappa shape index (κ3) is 4.28. The Morgan fingerprint density at radius 1 is 1.42 bits per heavy atom. The zero-order chi connectivity index (χ0) is 13.7. The molecule has 1 aromatic heterocycles. The Morgan fingerprint density at radius 2 is 2.21 bits per heavy atom. The molecule has 2 atom stereocenters. The molecule has 2 rings (SSSR count). The van der Waals surface area contributed by atoms with Crippen molar-refractivity contribution in [2.45, 2.75) is 32.2 Å². The van der Waals surface area contributed by atoms with Crippen molar-refractivity contribution in [3.05, 3.63) is 28.5 Å². The van der Waals surface area contributed by atoms with Gasteiger partial charge < -0.3 is 10.4 Å². The van der Waals surface area contributed by atoms with Crippen LogP contribution >= 0.6 is 15.9 Å². The molecular weight excluding hydrogens is 308 g/mol. The molecule has 1 fully saturated rings. The van der Waals surface area contributed by atoms with E-state index in [0.29, 0.717) is 0 Å². The van der Waals surface area contributed by atoms with Crippen LogP contribution in [0.4, 0.5) is 0 Å². The Balaban J connectivity index is 1.82. The minimum absolute atomic E-state index is 0.179. The summed E-state index contributed by atoms with van der Waals surface area (Å²) in [6.07, 6.45) is 7.61. The van der Waals surface area contributed by atoms with Crippen LogP contribution in [0.2, 0.25) is 0 Å². The summed E-state index contributed by atoms with van der Waals surface area (Å²) in [5, 5.41) is 12.6. The van der Waals surface area contributed by atoms with Gasteiger partial charge in [-0.1, -0.05) is 12.8 Å². The molecule has 0 aliphatic heterocycles. The van der Waals surface area contributed by atoms with Crippen molar-refractivity contribution in [2.75, 3.05) is 6.54 Å². The maximum atomic E-state index is 11.2. The summed E-state index contributed by atoms with van der Waals surface area (Å²) in [6.45, 7) is 1.50. The number of aliphatic carboxylic acids is 1. The normalized spacial score (nSPS) is 23.2. The van der Waals surface area contributed by atoms with Crippen LogP contribution in [0.25, 0.3) is 0 Å². The fourth-order valence-corrected chi connectivity index (χ4v) is 3.14. The molecule has 0 bridgehead atoms. The molecule has 5 heteroatoms. The predicted molar refractivity (Wildman–Crippen MR) is 76.7 cm³/mol. The Bertz CT molecular complexity index is 439. The third-order valence-electron chi connectivity index (χ3n) is 3.72. The Labute approximate surface area is 121 Å². The number of nitrogens with zero attached hydrogens (tertiary/aromatic N) is 1. The highest BCUT2D eigenvalue weighted by molar-refractivity contribution is 9.10. The first-order chi connectivity index (χ1) is 9.16. The molecule has 104 valence electrons. The maximum Gasteiger partial charge on any atom is 0.306 e. The van der Waals surface area contributed by atoms with E-state index in [2.05, 4.69) is 26.2 Å². The van der Waals surface area contributed by atoms with Crippen LogP contribution in [-0.4, -0.2) is 22.6 Å². The van der Waals surface area contributed by atoms with E-state index in [1.54, 1.807) is 6.20 Å². The van der Waals surface area contributed by atoms with Crippen LogP contribution in [0.5, 0.6) is 0 Å². The molecule has 1 aliphatic carbocycles. The van der Waals surface area contributed by atoms with E-state index >= 15 is 0 Å². The lowest BCUT2D eigenvalue weighted by Gasteiger charge is -2.28. The Morgan fingerprint density at radius 3 is 2.95 bits per heavy atom. The van der Waals surface area contributed by atoms with Crippen molar-refractivity contribution in [3.63, 3.8) is 0 Å². The molecule has 1 heterocycles. The van der Waals surface area contributed by atoms with Gasteiger partial charge in [0.2, 0.25) is 0 Å². The minimum Gasteiger partial charge on any atom is -0.481 e. The highest BCUT2D eigenvalue weighted by Gasteiger charge is 2.30. The van der Waals surface area contributed by atoms with Gasteiger partial charge in [-0.05, 0) is 52.9 Å². The summed E-state index contributed by atoms with van der Waals surface area (Å²) >= 11 is 3.39. The van der Waals surface area contributed by atoms with Gasteiger partial charge >= 0.3 is 5.97 Å². The fourth-order valence-electron chi connectivity index (χ4n) is 2.73. The van der Waals surface area contributed by atoms with E-state index < -0.39 is 5.97 Å². The first kappa shape index (κ1) is 14.5. The molecule has 0 saturated heterocycles. The number of hydrogen-bond donors (Lipinski definition) is 2. The van der Waals surface area contributed by atoms with E-state index in [4.69, 9.17) is 0 Å². The van der Waals surface area contributed by atoms with Gasteiger partial charge in [-0.2, -0.15) is 0 Å². The lowest BCUT2D eigenvalue weighted by Crippen LogP contribution is -2.34. The van der Waals surface area contributed by atoms with Gasteiger partial charge in [-0.15, -0.1) is 0 Å². The third-order valence-corrected chi connectivity index (χ3v) is 4.16. The number of pyridine rings is 1. The van der Waals surface area contributed by atoms with Crippen LogP contribution in [0, 0.1) is 11.8 Å². The first-order valence-corrected chi connectivity index (χ1v) is 7.49. The molecule has 1 saturated carbocycles. The molecule has 0 amide bonds. The van der Waals surface area contributed by atoms with E-state index in [1.165, 1.54) is 0 Å². The second-order valence-electron chi connectivity index (χ2n) is 5.13. The van der Waals surface area contributed by atoms with E-state index in [-0.39, 0.29) is 11.8 Å². The highest BCUT2D eigenvalue weighted by atomic mass is 79.9. The van der Waals surface area contributed by atoms with Gasteiger partial charge in [0.25, 0.3) is 0 Å². The maximum absolute atomic E-state index is 11.2. The van der Waals surface area contributed by atoms with Gasteiger partial charge in [-0.25, -0.2) is 0 Å². The lowest BCUT2D eigenvalue weighted by molar-refractivity contribution is -0.144. The fraction of sp³-hybridized carbons (Fsp3) is 0.571. The van der Waals surface area contributed by atoms with Crippen molar-refractivity contribution in [1.82, 2.24) is 10.3 Å². The minimum atomic E-state index is -0.643. The van der Waals surface area contributed by atoms with Crippen molar-refractivity contribution < 1.29 is 9.90 Å². The number of carboxylic acids is 1. The molecule has 19 heavy (non-hydrogen) atoms. The van der Waals surface area contributed by atoms with E-state index in [0.717, 1.165) is 48.8 Å². The van der Waals surface area contributed by atoms with Crippen LogP contribution in [-0.2, 0) is 11.3 Å². The van der Waals surface area contributed by atoms with Gasteiger partial charge in [0.1, 0.15) is 0 Å². The highest BCUT2D eigenvalue weighted by Crippen LogP contribution is 2.29. The first-order valence-electron chi connectivity index (χ1n) is 6.70. The van der Waals surface area contributed by atoms with Crippen LogP contribution < -0.4 is 5.32 Å². The molecular formula is C14H19BrN2O2. The van der Waals surface area contributed by atoms with Crippen molar-refractivity contribution in [1.29, 1.82) is 0 Å². The quantitative estimate of drug-likeness (QED) is 0.873. The lowest BCUT2D eigenvalue weighted by atomic mass is 9.79. The topological polar surface area (TPSA) is 62.2 Å². The number of halogens is 1. The van der Waals surface area contributed by atoms with Gasteiger partial charge in [0.05, 0.1) is 5.92 Å². The number of nitrogens with one attached hydrogen (secondary N) is 1. The SMILES string of the molecule is O=C(O)C1CCCCC1CNCc1cncc(Br)c1. The number of carboxylic acid groups (broad SMARTS) is 1. The van der Waals surface area contributed by atoms with Crippen LogP contribution in [0.1, 0.15) is 31.2 Å². The molecule has 1 aromatic rings. The summed E-state index contributed by atoms with van der Waals surface area (Å²) in [5.74, 6) is -0.566. The van der Waals surface area contributed by atoms with Crippen molar-refractivity contribution in [3.8, 4) is 0 Å². The van der Waals surface area contributed by atoms with E-state index in [1.807, 2.05) is 12.3 Å². The van der Waals surface area contributed by atoms with E-state index in [9.17, 15) is 9.90 Å². The largest absolute Gasteiger partial charge is 0.481 e. The van der Waals surface area contributed by atoms with Gasteiger partial charge in [-0.3, -0.25) is 9.78 Å². The number of aromatic nitrogens is 1. The smallest absolute Gasteiger partial charge is 0.306 e. The van der Waals surface area contributed by atoms with Crippen molar-refractivity contribution in [2.24, 2.45) is 11.8 Å². The summed E-state index contributed by atoms with van der Waals surface area (Å²) in [6, 6.07) is 2.02. The Hall–Kier alpha value is -0.940. The number of carbonyl (C=O) groups is 1. The molecule has 0 spiro atoms. The number of hydrogen-bond acceptors (Lipinski definition) is 3. The summed E-state index contributed by atoms with van der Waals surface area (Å²) < 4.78 is 0.966. The summed E-state index contributed by atoms with van der Waals surface area (Å²) in [5.41, 5.74) is 1.11. The second-order valence-corrected chi connectivity index (χ2v) is 6.05. The van der Waals surface area contributed by atoms with Gasteiger partial charge in [0, 0.05) is 23.4 Å². The zero-order valence-corrected chi connectivity index (χ0v) is 12.4. The summed E-state index contributed by atoms with van der Waals surface area (Å²) in [7, 11) is 0. The van der Waals surface area contributed by atoms with Crippen molar-refractivity contribution >= 4 is 21.9 Å².